The highest BCUT2D eigenvalue weighted by molar-refractivity contribution is 6.62. The van der Waals surface area contributed by atoms with Crippen LogP contribution in [0.3, 0.4) is 0 Å². The molecule has 0 atom stereocenters. The van der Waals surface area contributed by atoms with Gasteiger partial charge in [0.25, 0.3) is 0 Å². The van der Waals surface area contributed by atoms with Crippen LogP contribution in [0.2, 0.25) is 0 Å². The monoisotopic (exact) mass is 474 g/mol. The van der Waals surface area contributed by atoms with Gasteiger partial charge < -0.3 is 18.7 Å². The molecule has 0 spiro atoms. The van der Waals surface area contributed by atoms with Gasteiger partial charge in [-0.3, -0.25) is 4.79 Å². The van der Waals surface area contributed by atoms with Crippen molar-refractivity contribution in [2.75, 3.05) is 0 Å². The first-order valence-corrected chi connectivity index (χ1v) is 12.2. The molecule has 2 fully saturated rings. The molecule has 35 heavy (non-hydrogen) atoms. The van der Waals surface area contributed by atoms with Crippen LogP contribution in [0.15, 0.2) is 45.7 Å². The number of rotatable bonds is 3. The maximum Gasteiger partial charge on any atom is 0.497 e. The van der Waals surface area contributed by atoms with Crippen LogP contribution < -0.4 is 10.9 Å². The molecule has 2 aromatic heterocycles. The van der Waals surface area contributed by atoms with E-state index in [4.69, 9.17) is 13.7 Å². The highest BCUT2D eigenvalue weighted by atomic mass is 19.1. The number of benzene rings is 2. The molecule has 1 saturated heterocycles. The molecule has 0 unspecified atom stereocenters. The summed E-state index contributed by atoms with van der Waals surface area (Å²) in [6, 6.07) is 8.15. The number of fused-ring (bicyclic) bond motifs is 2. The van der Waals surface area contributed by atoms with E-state index in [-0.39, 0.29) is 16.3 Å². The zero-order chi connectivity index (χ0) is 24.5. The van der Waals surface area contributed by atoms with Gasteiger partial charge in [-0.25, -0.2) is 9.37 Å². The Morgan fingerprint density at radius 2 is 1.69 bits per heavy atom. The SMILES string of the molecule is CC1(C)OB(c2cc3oc4ccc(-c5ncc(C6CCCC6)[nH]5)cc4c(=O)c3cc2F)OC1(C)C. The van der Waals surface area contributed by atoms with Crippen molar-refractivity contribution in [2.45, 2.75) is 70.5 Å². The molecule has 1 saturated carbocycles. The van der Waals surface area contributed by atoms with E-state index in [9.17, 15) is 4.79 Å². The van der Waals surface area contributed by atoms with Crippen molar-refractivity contribution in [2.24, 2.45) is 0 Å². The molecule has 2 aromatic carbocycles. The van der Waals surface area contributed by atoms with Crippen LogP contribution >= 0.6 is 0 Å². The molecule has 0 radical (unpaired) electrons. The lowest BCUT2D eigenvalue weighted by molar-refractivity contribution is 0.00578. The Hall–Kier alpha value is -2.97. The first kappa shape index (κ1) is 22.5. The van der Waals surface area contributed by atoms with Crippen LogP contribution in [0, 0.1) is 5.82 Å². The van der Waals surface area contributed by atoms with Crippen molar-refractivity contribution >= 4 is 34.5 Å². The zero-order valence-electron chi connectivity index (χ0n) is 20.4. The number of nitrogens with zero attached hydrogens (tertiary/aromatic N) is 1. The summed E-state index contributed by atoms with van der Waals surface area (Å²) in [5.41, 5.74) is 1.37. The van der Waals surface area contributed by atoms with Crippen LogP contribution in [0.25, 0.3) is 33.3 Å². The third kappa shape index (κ3) is 3.62. The van der Waals surface area contributed by atoms with Gasteiger partial charge in [-0.1, -0.05) is 12.8 Å². The second kappa shape index (κ2) is 7.77. The maximum atomic E-state index is 15.2. The molecule has 2 aliphatic rings. The minimum absolute atomic E-state index is 0.179. The summed E-state index contributed by atoms with van der Waals surface area (Å²) in [7, 11) is -0.888. The van der Waals surface area contributed by atoms with Crippen molar-refractivity contribution < 1.29 is 18.1 Å². The lowest BCUT2D eigenvalue weighted by atomic mass is 9.78. The molecule has 6 nitrogen and oxygen atoms in total. The van der Waals surface area contributed by atoms with E-state index in [0.29, 0.717) is 22.5 Å². The summed E-state index contributed by atoms with van der Waals surface area (Å²) in [5, 5.41) is 0.565. The number of halogens is 1. The van der Waals surface area contributed by atoms with E-state index in [2.05, 4.69) is 9.97 Å². The fourth-order valence-electron chi connectivity index (χ4n) is 5.12. The van der Waals surface area contributed by atoms with Crippen molar-refractivity contribution in [1.29, 1.82) is 0 Å². The van der Waals surface area contributed by atoms with Gasteiger partial charge in [0.1, 0.15) is 22.8 Å². The average Bonchev–Trinajstić information content (AvgIpc) is 3.54. The molecule has 4 aromatic rings. The van der Waals surface area contributed by atoms with E-state index in [1.807, 2.05) is 40.0 Å². The lowest BCUT2D eigenvalue weighted by Crippen LogP contribution is -2.41. The molecular formula is C27H28BFN2O4. The Balaban J connectivity index is 1.41. The Labute approximate surface area is 203 Å². The fraction of sp³-hybridized carbons (Fsp3) is 0.407. The highest BCUT2D eigenvalue weighted by Crippen LogP contribution is 2.37. The first-order chi connectivity index (χ1) is 16.6. The average molecular weight is 474 g/mol. The third-order valence-electron chi connectivity index (χ3n) is 7.96. The van der Waals surface area contributed by atoms with Crippen molar-refractivity contribution in [3.63, 3.8) is 0 Å². The fourth-order valence-corrected chi connectivity index (χ4v) is 5.12. The minimum atomic E-state index is -0.888. The Morgan fingerprint density at radius 1 is 1.00 bits per heavy atom. The van der Waals surface area contributed by atoms with Gasteiger partial charge in [0.15, 0.2) is 0 Å². The zero-order valence-corrected chi connectivity index (χ0v) is 20.4. The number of imidazole rings is 1. The Bertz CT molecular complexity index is 1500. The number of hydrogen-bond donors (Lipinski definition) is 1. The topological polar surface area (TPSA) is 77.4 Å². The van der Waals surface area contributed by atoms with Crippen molar-refractivity contribution in [1.82, 2.24) is 9.97 Å². The molecule has 8 heteroatoms. The molecule has 1 aliphatic heterocycles. The number of aromatic nitrogens is 2. The largest absolute Gasteiger partial charge is 0.497 e. The molecular weight excluding hydrogens is 446 g/mol. The van der Waals surface area contributed by atoms with E-state index < -0.39 is 24.1 Å². The normalized spacial score (nSPS) is 19.9. The molecule has 180 valence electrons. The van der Waals surface area contributed by atoms with Crippen LogP contribution in [-0.4, -0.2) is 28.3 Å². The van der Waals surface area contributed by atoms with Gasteiger partial charge in [0.05, 0.1) is 22.0 Å². The minimum Gasteiger partial charge on any atom is -0.456 e. The van der Waals surface area contributed by atoms with Gasteiger partial charge in [-0.15, -0.1) is 0 Å². The predicted octanol–water partition coefficient (Wildman–Crippen LogP) is 5.43. The first-order valence-electron chi connectivity index (χ1n) is 12.2. The number of aromatic amines is 1. The second-order valence-electron chi connectivity index (χ2n) is 10.8. The van der Waals surface area contributed by atoms with Crippen LogP contribution in [0.4, 0.5) is 4.39 Å². The highest BCUT2D eigenvalue weighted by Gasteiger charge is 2.52. The summed E-state index contributed by atoms with van der Waals surface area (Å²) >= 11 is 0. The summed E-state index contributed by atoms with van der Waals surface area (Å²) in [4.78, 5) is 21.3. The van der Waals surface area contributed by atoms with E-state index in [0.717, 1.165) is 17.1 Å². The van der Waals surface area contributed by atoms with Gasteiger partial charge in [-0.2, -0.15) is 0 Å². The van der Waals surface area contributed by atoms with Gasteiger partial charge in [0, 0.05) is 28.8 Å². The Kier molecular flexibility index (Phi) is 4.99. The maximum absolute atomic E-state index is 15.2. The quantitative estimate of drug-likeness (QED) is 0.317. The molecule has 3 heterocycles. The summed E-state index contributed by atoms with van der Waals surface area (Å²) < 4.78 is 33.3. The standard InChI is InChI=1S/C27H28BFN2O4/c1-26(2)27(3,4)35-28(34-26)19-13-23-18(12-20(19)29)24(32)17-11-16(9-10-22(17)33-23)25-30-14-21(31-25)15-7-5-6-8-15/h9-15H,5-8H2,1-4H3,(H,30,31). The van der Waals surface area contributed by atoms with Crippen LogP contribution in [0.5, 0.6) is 0 Å². The van der Waals surface area contributed by atoms with Gasteiger partial charge >= 0.3 is 7.12 Å². The van der Waals surface area contributed by atoms with Crippen LogP contribution in [-0.2, 0) is 9.31 Å². The van der Waals surface area contributed by atoms with Gasteiger partial charge in [0.2, 0.25) is 5.43 Å². The Morgan fingerprint density at radius 3 is 2.40 bits per heavy atom. The van der Waals surface area contributed by atoms with E-state index >= 15 is 4.39 Å². The molecule has 0 bridgehead atoms. The predicted molar refractivity (Wildman–Crippen MR) is 134 cm³/mol. The van der Waals surface area contributed by atoms with Gasteiger partial charge in [-0.05, 0) is 70.9 Å². The number of H-pyrrole nitrogens is 1. The molecule has 1 N–H and O–H groups in total. The number of hydrogen-bond acceptors (Lipinski definition) is 5. The molecule has 6 rings (SSSR count). The van der Waals surface area contributed by atoms with Crippen molar-refractivity contribution in [3.05, 3.63) is 58.3 Å². The third-order valence-corrected chi connectivity index (χ3v) is 7.96. The van der Waals surface area contributed by atoms with Crippen LogP contribution in [0.1, 0.15) is 65.0 Å². The van der Waals surface area contributed by atoms with Crippen molar-refractivity contribution in [3.8, 4) is 11.4 Å². The van der Waals surface area contributed by atoms with E-state index in [1.165, 1.54) is 37.8 Å². The summed E-state index contributed by atoms with van der Waals surface area (Å²) in [6.07, 6.45) is 6.74. The van der Waals surface area contributed by atoms with E-state index in [1.54, 1.807) is 12.1 Å². The molecule has 1 aliphatic carbocycles. The summed E-state index contributed by atoms with van der Waals surface area (Å²) in [6.45, 7) is 7.64. The number of nitrogens with one attached hydrogen (secondary N) is 1. The second-order valence-corrected chi connectivity index (χ2v) is 10.8. The molecule has 0 amide bonds. The smallest absolute Gasteiger partial charge is 0.456 e. The lowest BCUT2D eigenvalue weighted by Gasteiger charge is -2.32. The summed E-state index contributed by atoms with van der Waals surface area (Å²) in [5.74, 6) is 0.675.